The van der Waals surface area contributed by atoms with Crippen molar-refractivity contribution in [2.45, 2.75) is 19.8 Å². The number of fused-ring (bicyclic) bond motifs is 1. The van der Waals surface area contributed by atoms with Gasteiger partial charge in [0.1, 0.15) is 11.6 Å². The van der Waals surface area contributed by atoms with Crippen LogP contribution in [0, 0.1) is 5.82 Å². The number of benzene rings is 2. The second-order valence-corrected chi connectivity index (χ2v) is 5.97. The van der Waals surface area contributed by atoms with E-state index in [0.717, 1.165) is 10.9 Å². The van der Waals surface area contributed by atoms with E-state index in [9.17, 15) is 9.18 Å². The van der Waals surface area contributed by atoms with Crippen molar-refractivity contribution in [3.63, 3.8) is 0 Å². The van der Waals surface area contributed by atoms with Crippen molar-refractivity contribution in [3.8, 4) is 5.69 Å². The van der Waals surface area contributed by atoms with Gasteiger partial charge in [0.25, 0.3) is 5.56 Å². The smallest absolute Gasteiger partial charge is 0.266 e. The van der Waals surface area contributed by atoms with Crippen LogP contribution >= 0.6 is 15.9 Å². The molecule has 0 amide bonds. The SMILES string of the molecule is CCCc1nc2ccc(Br)cc2c(=O)n1-c1ccc(F)cc1. The number of hydrogen-bond acceptors (Lipinski definition) is 2. The minimum atomic E-state index is -0.328. The molecule has 3 rings (SSSR count). The molecule has 3 nitrogen and oxygen atoms in total. The highest BCUT2D eigenvalue weighted by molar-refractivity contribution is 9.10. The maximum atomic E-state index is 13.1. The van der Waals surface area contributed by atoms with Gasteiger partial charge >= 0.3 is 0 Å². The van der Waals surface area contributed by atoms with Gasteiger partial charge in [0.15, 0.2) is 0 Å². The molecule has 5 heteroatoms. The molecule has 0 aliphatic heterocycles. The molecule has 1 heterocycles. The maximum absolute atomic E-state index is 13.1. The molecule has 0 unspecified atom stereocenters. The molecule has 22 heavy (non-hydrogen) atoms. The lowest BCUT2D eigenvalue weighted by atomic mass is 10.2. The summed E-state index contributed by atoms with van der Waals surface area (Å²) in [5.41, 5.74) is 1.17. The zero-order chi connectivity index (χ0) is 15.7. The van der Waals surface area contributed by atoms with Gasteiger partial charge < -0.3 is 0 Å². The summed E-state index contributed by atoms with van der Waals surface area (Å²) in [6.45, 7) is 2.03. The number of hydrogen-bond donors (Lipinski definition) is 0. The minimum Gasteiger partial charge on any atom is -0.268 e. The largest absolute Gasteiger partial charge is 0.268 e. The monoisotopic (exact) mass is 360 g/mol. The maximum Gasteiger partial charge on any atom is 0.266 e. The van der Waals surface area contributed by atoms with E-state index in [1.54, 1.807) is 22.8 Å². The van der Waals surface area contributed by atoms with Gasteiger partial charge in [0, 0.05) is 10.9 Å². The van der Waals surface area contributed by atoms with Crippen LogP contribution in [0.25, 0.3) is 16.6 Å². The van der Waals surface area contributed by atoms with Crippen molar-refractivity contribution >= 4 is 26.8 Å². The van der Waals surface area contributed by atoms with Crippen molar-refractivity contribution in [1.29, 1.82) is 0 Å². The van der Waals surface area contributed by atoms with Crippen LogP contribution in [0.2, 0.25) is 0 Å². The van der Waals surface area contributed by atoms with Gasteiger partial charge in [-0.3, -0.25) is 9.36 Å². The third kappa shape index (κ3) is 2.68. The minimum absolute atomic E-state index is 0.138. The third-order valence-electron chi connectivity index (χ3n) is 3.46. The molecule has 0 saturated carbocycles. The van der Waals surface area contributed by atoms with Crippen LogP contribution in [0.3, 0.4) is 0 Å². The van der Waals surface area contributed by atoms with Crippen LogP contribution in [-0.4, -0.2) is 9.55 Å². The number of halogens is 2. The summed E-state index contributed by atoms with van der Waals surface area (Å²) in [5.74, 6) is 0.360. The van der Waals surface area contributed by atoms with Crippen molar-refractivity contribution in [2.75, 3.05) is 0 Å². The van der Waals surface area contributed by atoms with Crippen molar-refractivity contribution in [3.05, 3.63) is 68.9 Å². The highest BCUT2D eigenvalue weighted by atomic mass is 79.9. The van der Waals surface area contributed by atoms with Gasteiger partial charge in [-0.05, 0) is 48.9 Å². The van der Waals surface area contributed by atoms with Crippen LogP contribution in [0.1, 0.15) is 19.2 Å². The Hall–Kier alpha value is -2.01. The molecule has 3 aromatic rings. The van der Waals surface area contributed by atoms with Gasteiger partial charge in [0.2, 0.25) is 0 Å². The molecular formula is C17H14BrFN2O. The summed E-state index contributed by atoms with van der Waals surface area (Å²) < 4.78 is 15.5. The highest BCUT2D eigenvalue weighted by Gasteiger charge is 2.12. The van der Waals surface area contributed by atoms with Gasteiger partial charge in [-0.1, -0.05) is 22.9 Å². The van der Waals surface area contributed by atoms with Crippen LogP contribution in [0.5, 0.6) is 0 Å². The zero-order valence-electron chi connectivity index (χ0n) is 12.0. The zero-order valence-corrected chi connectivity index (χ0v) is 13.6. The predicted octanol–water partition coefficient (Wildman–Crippen LogP) is 4.24. The quantitative estimate of drug-likeness (QED) is 0.700. The Bertz CT molecular complexity index is 888. The van der Waals surface area contributed by atoms with E-state index in [4.69, 9.17) is 0 Å². The normalized spacial score (nSPS) is 11.0. The van der Waals surface area contributed by atoms with Crippen molar-refractivity contribution in [2.24, 2.45) is 0 Å². The van der Waals surface area contributed by atoms with Gasteiger partial charge in [-0.15, -0.1) is 0 Å². The molecule has 2 aromatic carbocycles. The molecule has 0 atom stereocenters. The van der Waals surface area contributed by atoms with E-state index in [-0.39, 0.29) is 11.4 Å². The Morgan fingerprint density at radius 2 is 1.91 bits per heavy atom. The summed E-state index contributed by atoms with van der Waals surface area (Å²) >= 11 is 3.38. The van der Waals surface area contributed by atoms with Crippen molar-refractivity contribution in [1.82, 2.24) is 9.55 Å². The standard InChI is InChI=1S/C17H14BrFN2O/c1-2-3-16-20-15-9-4-11(18)10-14(15)17(22)21(16)13-7-5-12(19)6-8-13/h4-10H,2-3H2,1H3. The average Bonchev–Trinajstić information content (AvgIpc) is 2.50. The second kappa shape index (κ2) is 6.01. The molecule has 1 aromatic heterocycles. The fourth-order valence-corrected chi connectivity index (χ4v) is 2.81. The summed E-state index contributed by atoms with van der Waals surface area (Å²) in [6.07, 6.45) is 1.55. The Balaban J connectivity index is 2.34. The van der Waals surface area contributed by atoms with Crippen LogP contribution < -0.4 is 5.56 Å². The molecule has 0 bridgehead atoms. The first kappa shape index (κ1) is 14.9. The molecular weight excluding hydrogens is 347 g/mol. The van der Waals surface area contributed by atoms with E-state index in [0.29, 0.717) is 28.8 Å². The second-order valence-electron chi connectivity index (χ2n) is 5.06. The van der Waals surface area contributed by atoms with Crippen LogP contribution in [0.15, 0.2) is 51.7 Å². The summed E-state index contributed by atoms with van der Waals surface area (Å²) in [4.78, 5) is 17.5. The first-order chi connectivity index (χ1) is 10.6. The predicted molar refractivity (Wildman–Crippen MR) is 89.0 cm³/mol. The fourth-order valence-electron chi connectivity index (χ4n) is 2.45. The Morgan fingerprint density at radius 1 is 1.18 bits per heavy atom. The first-order valence-corrected chi connectivity index (χ1v) is 7.86. The average molecular weight is 361 g/mol. The van der Waals surface area contributed by atoms with E-state index in [2.05, 4.69) is 20.9 Å². The molecule has 112 valence electrons. The lowest BCUT2D eigenvalue weighted by Crippen LogP contribution is -2.24. The molecule has 0 aliphatic rings. The Kier molecular flexibility index (Phi) is 4.07. The molecule has 0 saturated heterocycles. The molecule has 0 spiro atoms. The van der Waals surface area contributed by atoms with E-state index < -0.39 is 0 Å². The topological polar surface area (TPSA) is 34.9 Å². The summed E-state index contributed by atoms with van der Waals surface area (Å²) in [7, 11) is 0. The van der Waals surface area contributed by atoms with Crippen LogP contribution in [-0.2, 0) is 6.42 Å². The lowest BCUT2D eigenvalue weighted by Gasteiger charge is -2.13. The number of aryl methyl sites for hydroxylation is 1. The fraction of sp³-hybridized carbons (Fsp3) is 0.176. The molecule has 0 radical (unpaired) electrons. The van der Waals surface area contributed by atoms with E-state index in [1.807, 2.05) is 19.1 Å². The van der Waals surface area contributed by atoms with E-state index >= 15 is 0 Å². The van der Waals surface area contributed by atoms with E-state index in [1.165, 1.54) is 12.1 Å². The summed E-state index contributed by atoms with van der Waals surface area (Å²) in [5, 5.41) is 0.540. The van der Waals surface area contributed by atoms with Gasteiger partial charge in [-0.25, -0.2) is 9.37 Å². The summed E-state index contributed by atoms with van der Waals surface area (Å²) in [6, 6.07) is 11.4. The number of rotatable bonds is 3. The highest BCUT2D eigenvalue weighted by Crippen LogP contribution is 2.18. The Labute approximate surface area is 135 Å². The van der Waals surface area contributed by atoms with Gasteiger partial charge in [0.05, 0.1) is 16.6 Å². The Morgan fingerprint density at radius 3 is 2.59 bits per heavy atom. The van der Waals surface area contributed by atoms with Crippen LogP contribution in [0.4, 0.5) is 4.39 Å². The molecule has 0 aliphatic carbocycles. The molecule has 0 N–H and O–H groups in total. The number of aromatic nitrogens is 2. The molecule has 0 fully saturated rings. The lowest BCUT2D eigenvalue weighted by molar-refractivity contribution is 0.627. The van der Waals surface area contributed by atoms with Gasteiger partial charge in [-0.2, -0.15) is 0 Å². The first-order valence-electron chi connectivity index (χ1n) is 7.07. The number of nitrogens with zero attached hydrogens (tertiary/aromatic N) is 2. The van der Waals surface area contributed by atoms with Crippen molar-refractivity contribution < 1.29 is 4.39 Å². The third-order valence-corrected chi connectivity index (χ3v) is 3.95.